The van der Waals surface area contributed by atoms with Gasteiger partial charge in [-0.15, -0.1) is 0 Å². The Balaban J connectivity index is 1.63. The summed E-state index contributed by atoms with van der Waals surface area (Å²) in [5.74, 6) is -0.631. The van der Waals surface area contributed by atoms with Gasteiger partial charge in [0.05, 0.1) is 23.5 Å². The lowest BCUT2D eigenvalue weighted by Crippen LogP contribution is -2.46. The minimum Gasteiger partial charge on any atom is -0.422 e. The number of rotatable bonds is 3. The maximum atomic E-state index is 14.5. The molecular formula is C28H20FN5O2. The van der Waals surface area contributed by atoms with E-state index in [1.54, 1.807) is 28.6 Å². The van der Waals surface area contributed by atoms with E-state index in [0.717, 1.165) is 5.69 Å². The van der Waals surface area contributed by atoms with Crippen LogP contribution in [0.3, 0.4) is 0 Å². The summed E-state index contributed by atoms with van der Waals surface area (Å²) < 4.78 is 21.5. The van der Waals surface area contributed by atoms with Crippen LogP contribution in [0.15, 0.2) is 90.3 Å². The number of carbonyl (C=O) groups is 1. The zero-order valence-electron chi connectivity index (χ0n) is 19.3. The molecule has 2 aliphatic rings. The number of para-hydroxylation sites is 2. The summed E-state index contributed by atoms with van der Waals surface area (Å²) in [5, 5.41) is 15.0. The number of hydrogen-bond acceptors (Lipinski definition) is 5. The molecule has 2 aliphatic heterocycles. The number of anilines is 1. The van der Waals surface area contributed by atoms with E-state index in [9.17, 15) is 14.4 Å². The molecule has 0 aliphatic carbocycles. The molecule has 3 heterocycles. The highest BCUT2D eigenvalue weighted by molar-refractivity contribution is 6.14. The summed E-state index contributed by atoms with van der Waals surface area (Å²) in [6.07, 6.45) is 0. The van der Waals surface area contributed by atoms with Gasteiger partial charge >= 0.3 is 0 Å². The van der Waals surface area contributed by atoms with Gasteiger partial charge in [0.2, 0.25) is 17.7 Å². The van der Waals surface area contributed by atoms with E-state index in [1.807, 2.05) is 54.6 Å². The maximum Gasteiger partial charge on any atom is 0.248 e. The molecule has 8 heteroatoms. The first-order valence-electron chi connectivity index (χ1n) is 11.4. The molecule has 0 saturated carbocycles. The fraction of sp³-hybridized carbons (Fsp3) is 0.107. The first-order valence-corrected chi connectivity index (χ1v) is 11.4. The molecule has 7 nitrogen and oxygen atoms in total. The highest BCUT2D eigenvalue weighted by atomic mass is 19.1. The molecule has 1 amide bonds. The lowest BCUT2D eigenvalue weighted by Gasteiger charge is -2.33. The van der Waals surface area contributed by atoms with Crippen molar-refractivity contribution < 1.29 is 13.9 Å². The largest absolute Gasteiger partial charge is 0.422 e. The van der Waals surface area contributed by atoms with Crippen molar-refractivity contribution in [1.82, 2.24) is 9.78 Å². The summed E-state index contributed by atoms with van der Waals surface area (Å²) in [7, 11) is 0. The minimum atomic E-state index is -1.55. The Bertz CT molecular complexity index is 1620. The summed E-state index contributed by atoms with van der Waals surface area (Å²) in [6.45, 7) is 1.90. The van der Waals surface area contributed by atoms with Crippen LogP contribution in [0.25, 0.3) is 5.69 Å². The number of nitrogens with two attached hydrogens (primary N) is 1. The topological polar surface area (TPSA) is 97.2 Å². The van der Waals surface area contributed by atoms with Gasteiger partial charge in [-0.3, -0.25) is 4.79 Å². The standard InChI is InChI=1S/C28H20FN5O2/c1-17-24-26(34(32-17)20-10-3-2-4-11-20)36-25(31)22(15-30)28(24)21-12-5-6-13-23(21)33(27(28)35)16-18-8-7-9-19(29)14-18/h2-14H,16,31H2,1H3/t28-/m0/s1. The molecule has 0 saturated heterocycles. The smallest absolute Gasteiger partial charge is 0.248 e. The highest BCUT2D eigenvalue weighted by Crippen LogP contribution is 2.56. The molecule has 3 aromatic carbocycles. The SMILES string of the molecule is Cc1nn(-c2ccccc2)c2c1[C@@]1(C(=O)N(Cc3cccc(F)c3)c3ccccc31)C(C#N)=C(N)O2. The molecule has 4 aromatic rings. The normalized spacial score (nSPS) is 18.1. The van der Waals surface area contributed by atoms with Gasteiger partial charge in [-0.05, 0) is 42.8 Å². The van der Waals surface area contributed by atoms with Crippen molar-refractivity contribution in [2.75, 3.05) is 4.90 Å². The quantitative estimate of drug-likeness (QED) is 0.476. The van der Waals surface area contributed by atoms with Crippen LogP contribution in [-0.4, -0.2) is 15.7 Å². The number of aryl methyl sites for hydroxylation is 1. The van der Waals surface area contributed by atoms with Crippen molar-refractivity contribution in [2.45, 2.75) is 18.9 Å². The molecular weight excluding hydrogens is 457 g/mol. The zero-order valence-corrected chi connectivity index (χ0v) is 19.3. The fourth-order valence-electron chi connectivity index (χ4n) is 5.29. The van der Waals surface area contributed by atoms with Crippen LogP contribution in [0.4, 0.5) is 10.1 Å². The van der Waals surface area contributed by atoms with Gasteiger partial charge in [-0.1, -0.05) is 48.5 Å². The number of benzene rings is 3. The van der Waals surface area contributed by atoms with Gasteiger partial charge in [0, 0.05) is 11.3 Å². The number of carbonyl (C=O) groups excluding carboxylic acids is 1. The molecule has 0 radical (unpaired) electrons. The molecule has 0 unspecified atom stereocenters. The lowest BCUT2D eigenvalue weighted by atomic mass is 9.69. The van der Waals surface area contributed by atoms with E-state index in [0.29, 0.717) is 28.1 Å². The number of fused-ring (bicyclic) bond motifs is 4. The van der Waals surface area contributed by atoms with Crippen LogP contribution in [0, 0.1) is 24.1 Å². The molecule has 36 heavy (non-hydrogen) atoms. The number of amides is 1. The number of ether oxygens (including phenoxy) is 1. The zero-order chi connectivity index (χ0) is 25.0. The fourth-order valence-corrected chi connectivity index (χ4v) is 5.29. The first-order chi connectivity index (χ1) is 17.5. The summed E-state index contributed by atoms with van der Waals surface area (Å²) in [4.78, 5) is 16.1. The molecule has 1 atom stereocenters. The third kappa shape index (κ3) is 2.83. The minimum absolute atomic E-state index is 0.00454. The third-order valence-corrected chi connectivity index (χ3v) is 6.73. The Hall–Kier alpha value is -4.90. The Morgan fingerprint density at radius 3 is 2.58 bits per heavy atom. The van der Waals surface area contributed by atoms with Gasteiger partial charge in [0.25, 0.3) is 0 Å². The Morgan fingerprint density at radius 1 is 1.08 bits per heavy atom. The van der Waals surface area contributed by atoms with E-state index >= 15 is 0 Å². The first kappa shape index (κ1) is 21.6. The molecule has 1 spiro atoms. The lowest BCUT2D eigenvalue weighted by molar-refractivity contribution is -0.121. The van der Waals surface area contributed by atoms with Crippen molar-refractivity contribution in [1.29, 1.82) is 5.26 Å². The number of nitrogens with zero attached hydrogens (tertiary/aromatic N) is 4. The summed E-state index contributed by atoms with van der Waals surface area (Å²) >= 11 is 0. The summed E-state index contributed by atoms with van der Waals surface area (Å²) in [6, 6.07) is 24.9. The van der Waals surface area contributed by atoms with Crippen molar-refractivity contribution in [3.05, 3.63) is 119 Å². The van der Waals surface area contributed by atoms with E-state index < -0.39 is 11.2 Å². The van der Waals surface area contributed by atoms with Crippen LogP contribution >= 0.6 is 0 Å². The van der Waals surface area contributed by atoms with Crippen molar-refractivity contribution in [3.8, 4) is 17.6 Å². The predicted molar refractivity (Wildman–Crippen MR) is 131 cm³/mol. The van der Waals surface area contributed by atoms with Crippen LogP contribution in [0.2, 0.25) is 0 Å². The van der Waals surface area contributed by atoms with E-state index in [4.69, 9.17) is 15.6 Å². The van der Waals surface area contributed by atoms with Crippen LogP contribution in [0.5, 0.6) is 5.88 Å². The van der Waals surface area contributed by atoms with Crippen molar-refractivity contribution in [2.24, 2.45) is 5.73 Å². The number of nitriles is 1. The second kappa shape index (κ2) is 7.82. The van der Waals surface area contributed by atoms with Crippen molar-refractivity contribution in [3.63, 3.8) is 0 Å². The highest BCUT2D eigenvalue weighted by Gasteiger charge is 2.61. The molecule has 0 bridgehead atoms. The number of hydrogen-bond donors (Lipinski definition) is 1. The van der Waals surface area contributed by atoms with Gasteiger partial charge < -0.3 is 15.4 Å². The Labute approximate surface area is 206 Å². The third-order valence-electron chi connectivity index (χ3n) is 6.73. The van der Waals surface area contributed by atoms with E-state index in [-0.39, 0.29) is 29.8 Å². The van der Waals surface area contributed by atoms with Gasteiger partial charge in [0.1, 0.15) is 22.9 Å². The second-order valence-corrected chi connectivity index (χ2v) is 8.75. The maximum absolute atomic E-state index is 14.5. The number of halogens is 1. The van der Waals surface area contributed by atoms with Crippen LogP contribution in [-0.2, 0) is 16.8 Å². The molecule has 0 fully saturated rings. The van der Waals surface area contributed by atoms with Crippen molar-refractivity contribution >= 4 is 11.6 Å². The van der Waals surface area contributed by atoms with Gasteiger partial charge in [-0.25, -0.2) is 9.07 Å². The molecule has 6 rings (SSSR count). The molecule has 2 N–H and O–H groups in total. The van der Waals surface area contributed by atoms with Crippen LogP contribution < -0.4 is 15.4 Å². The predicted octanol–water partition coefficient (Wildman–Crippen LogP) is 4.24. The average Bonchev–Trinajstić information content (AvgIpc) is 3.33. The number of aromatic nitrogens is 2. The van der Waals surface area contributed by atoms with Gasteiger partial charge in [0.15, 0.2) is 0 Å². The Morgan fingerprint density at radius 2 is 1.83 bits per heavy atom. The summed E-state index contributed by atoms with van der Waals surface area (Å²) in [5.41, 5.74) is 8.35. The molecule has 1 aromatic heterocycles. The van der Waals surface area contributed by atoms with E-state index in [1.165, 1.54) is 12.1 Å². The van der Waals surface area contributed by atoms with Crippen LogP contribution in [0.1, 0.15) is 22.4 Å². The Kier molecular flexibility index (Phi) is 4.70. The van der Waals surface area contributed by atoms with E-state index in [2.05, 4.69) is 6.07 Å². The average molecular weight is 477 g/mol. The monoisotopic (exact) mass is 477 g/mol. The van der Waals surface area contributed by atoms with Gasteiger partial charge in [-0.2, -0.15) is 10.4 Å². The molecule has 176 valence electrons. The second-order valence-electron chi connectivity index (χ2n) is 8.75.